The van der Waals surface area contributed by atoms with E-state index in [1.54, 1.807) is 28.0 Å². The van der Waals surface area contributed by atoms with Crippen molar-refractivity contribution in [1.29, 1.82) is 0 Å². The third-order valence-electron chi connectivity index (χ3n) is 5.39. The number of aliphatic hydroxyl groups is 1. The van der Waals surface area contributed by atoms with Crippen molar-refractivity contribution in [2.45, 2.75) is 25.4 Å². The summed E-state index contributed by atoms with van der Waals surface area (Å²) in [6, 6.07) is 8.24. The molecule has 2 heterocycles. The minimum atomic E-state index is -1.17. The van der Waals surface area contributed by atoms with Gasteiger partial charge in [0.05, 0.1) is 11.3 Å². The number of halogens is 1. The van der Waals surface area contributed by atoms with Crippen LogP contribution in [0.15, 0.2) is 36.5 Å². The third-order valence-corrected chi connectivity index (χ3v) is 5.39. The average molecular weight is 383 g/mol. The van der Waals surface area contributed by atoms with Gasteiger partial charge in [0.1, 0.15) is 11.4 Å². The summed E-state index contributed by atoms with van der Waals surface area (Å²) in [5.74, 6) is -0.740. The fourth-order valence-electron chi connectivity index (χ4n) is 3.43. The van der Waals surface area contributed by atoms with E-state index in [1.165, 1.54) is 12.3 Å². The number of aromatic nitrogens is 1. The van der Waals surface area contributed by atoms with Crippen LogP contribution in [0.4, 0.5) is 4.39 Å². The summed E-state index contributed by atoms with van der Waals surface area (Å²) in [5, 5.41) is 9.95. The number of hydrogen-bond donors (Lipinski definition) is 1. The lowest BCUT2D eigenvalue weighted by atomic mass is 10.1. The van der Waals surface area contributed by atoms with Crippen molar-refractivity contribution in [1.82, 2.24) is 14.8 Å². The molecule has 4 rings (SSSR count). The topological polar surface area (TPSA) is 73.7 Å². The van der Waals surface area contributed by atoms with Crippen LogP contribution in [-0.4, -0.2) is 63.5 Å². The highest BCUT2D eigenvalue weighted by Gasteiger charge is 2.50. The molecule has 1 N–H and O–H groups in total. The van der Waals surface area contributed by atoms with E-state index in [4.69, 9.17) is 0 Å². The van der Waals surface area contributed by atoms with E-state index in [9.17, 15) is 19.1 Å². The molecule has 1 aliphatic carbocycles. The first-order chi connectivity index (χ1) is 13.4. The summed E-state index contributed by atoms with van der Waals surface area (Å²) < 4.78 is 14.1. The van der Waals surface area contributed by atoms with E-state index in [0.29, 0.717) is 55.8 Å². The van der Waals surface area contributed by atoms with Crippen LogP contribution in [0.1, 0.15) is 28.8 Å². The molecule has 2 aliphatic rings. The van der Waals surface area contributed by atoms with Gasteiger partial charge in [-0.2, -0.15) is 0 Å². The molecule has 1 saturated carbocycles. The fraction of sp³-hybridized carbons (Fsp3) is 0.381. The third kappa shape index (κ3) is 3.49. The molecule has 0 unspecified atom stereocenters. The number of hydrogen-bond acceptors (Lipinski definition) is 4. The fourth-order valence-corrected chi connectivity index (χ4v) is 3.43. The Kier molecular flexibility index (Phi) is 4.63. The summed E-state index contributed by atoms with van der Waals surface area (Å²) >= 11 is 0. The number of nitrogens with zero attached hydrogens (tertiary/aromatic N) is 3. The molecule has 28 heavy (non-hydrogen) atoms. The molecule has 1 aromatic heterocycles. The van der Waals surface area contributed by atoms with E-state index in [0.717, 1.165) is 5.56 Å². The van der Waals surface area contributed by atoms with Crippen LogP contribution in [0, 0.1) is 12.7 Å². The number of rotatable bonds is 3. The predicted octanol–water partition coefficient (Wildman–Crippen LogP) is 2.01. The zero-order chi connectivity index (χ0) is 19.9. The van der Waals surface area contributed by atoms with Gasteiger partial charge in [0.2, 0.25) is 0 Å². The van der Waals surface area contributed by atoms with E-state index < -0.39 is 5.60 Å². The Labute approximate surface area is 162 Å². The number of benzene rings is 1. The van der Waals surface area contributed by atoms with Gasteiger partial charge in [0, 0.05) is 37.9 Å². The molecule has 2 aromatic rings. The van der Waals surface area contributed by atoms with Crippen LogP contribution in [-0.2, 0) is 4.79 Å². The second-order valence-corrected chi connectivity index (χ2v) is 7.53. The van der Waals surface area contributed by atoms with E-state index in [1.807, 2.05) is 13.0 Å². The van der Waals surface area contributed by atoms with Gasteiger partial charge in [0.25, 0.3) is 11.8 Å². The van der Waals surface area contributed by atoms with E-state index >= 15 is 0 Å². The van der Waals surface area contributed by atoms with Gasteiger partial charge in [-0.25, -0.2) is 4.39 Å². The molecular formula is C21H22FN3O3. The molecule has 0 radical (unpaired) electrons. The van der Waals surface area contributed by atoms with Crippen molar-refractivity contribution in [3.05, 3.63) is 53.5 Å². The Morgan fingerprint density at radius 2 is 1.75 bits per heavy atom. The number of aryl methyl sites for hydroxylation is 1. The zero-order valence-corrected chi connectivity index (χ0v) is 15.7. The van der Waals surface area contributed by atoms with Crippen LogP contribution in [0.5, 0.6) is 0 Å². The summed E-state index contributed by atoms with van der Waals surface area (Å²) in [6.45, 7) is 3.46. The standard InChI is InChI=1S/C21H22FN3O3/c1-14-2-4-16(17(22)12-14)18-5-3-15(13-23-18)19(26)24-8-10-25(11-9-24)20(27)21(28)6-7-21/h2-5,12-13,28H,6-11H2,1H3. The highest BCUT2D eigenvalue weighted by atomic mass is 19.1. The van der Waals surface area contributed by atoms with E-state index in [-0.39, 0.29) is 17.6 Å². The Bertz CT molecular complexity index is 917. The summed E-state index contributed by atoms with van der Waals surface area (Å²) in [6.07, 6.45) is 2.50. The summed E-state index contributed by atoms with van der Waals surface area (Å²) in [4.78, 5) is 32.4. The van der Waals surface area contributed by atoms with Crippen molar-refractivity contribution in [2.24, 2.45) is 0 Å². The molecule has 2 fully saturated rings. The largest absolute Gasteiger partial charge is 0.380 e. The maximum absolute atomic E-state index is 14.1. The van der Waals surface area contributed by atoms with E-state index in [2.05, 4.69) is 4.98 Å². The molecular weight excluding hydrogens is 361 g/mol. The van der Waals surface area contributed by atoms with Crippen molar-refractivity contribution in [3.63, 3.8) is 0 Å². The molecule has 146 valence electrons. The van der Waals surface area contributed by atoms with Gasteiger partial charge < -0.3 is 14.9 Å². The van der Waals surface area contributed by atoms with Crippen LogP contribution < -0.4 is 0 Å². The molecule has 7 heteroatoms. The molecule has 0 bridgehead atoms. The predicted molar refractivity (Wildman–Crippen MR) is 101 cm³/mol. The number of piperazine rings is 1. The number of amides is 2. The summed E-state index contributed by atoms with van der Waals surface area (Å²) in [5.41, 5.74) is 0.963. The first-order valence-corrected chi connectivity index (χ1v) is 9.41. The second-order valence-electron chi connectivity index (χ2n) is 7.53. The van der Waals surface area contributed by atoms with Gasteiger partial charge in [-0.05, 0) is 49.6 Å². The first kappa shape index (κ1) is 18.6. The normalized spacial score (nSPS) is 18.1. The summed E-state index contributed by atoms with van der Waals surface area (Å²) in [7, 11) is 0. The lowest BCUT2D eigenvalue weighted by Crippen LogP contribution is -2.53. The minimum absolute atomic E-state index is 0.166. The molecule has 1 aromatic carbocycles. The smallest absolute Gasteiger partial charge is 0.255 e. The Balaban J connectivity index is 1.41. The van der Waals surface area contributed by atoms with Gasteiger partial charge in [-0.15, -0.1) is 0 Å². The lowest BCUT2D eigenvalue weighted by molar-refractivity contribution is -0.143. The Morgan fingerprint density at radius 3 is 2.32 bits per heavy atom. The molecule has 0 atom stereocenters. The van der Waals surface area contributed by atoms with Crippen molar-refractivity contribution in [3.8, 4) is 11.3 Å². The van der Waals surface area contributed by atoms with Crippen molar-refractivity contribution < 1.29 is 19.1 Å². The number of carbonyl (C=O) groups excluding carboxylic acids is 2. The SMILES string of the molecule is Cc1ccc(-c2ccc(C(=O)N3CCN(C(=O)C4(O)CC4)CC3)cn2)c(F)c1. The number of carbonyl (C=O) groups is 2. The molecule has 6 nitrogen and oxygen atoms in total. The maximum Gasteiger partial charge on any atom is 0.255 e. The van der Waals surface area contributed by atoms with Gasteiger partial charge in [-0.3, -0.25) is 14.6 Å². The average Bonchev–Trinajstić information content (AvgIpc) is 3.46. The van der Waals surface area contributed by atoms with Crippen LogP contribution in [0.25, 0.3) is 11.3 Å². The Hall–Kier alpha value is -2.80. The van der Waals surface area contributed by atoms with Crippen LogP contribution in [0.2, 0.25) is 0 Å². The second kappa shape index (κ2) is 6.98. The van der Waals surface area contributed by atoms with Gasteiger partial charge in [-0.1, -0.05) is 6.07 Å². The zero-order valence-electron chi connectivity index (χ0n) is 15.7. The van der Waals surface area contributed by atoms with Crippen LogP contribution in [0.3, 0.4) is 0 Å². The van der Waals surface area contributed by atoms with Gasteiger partial charge in [0.15, 0.2) is 0 Å². The molecule has 0 spiro atoms. The van der Waals surface area contributed by atoms with Gasteiger partial charge >= 0.3 is 0 Å². The highest BCUT2D eigenvalue weighted by Crippen LogP contribution is 2.37. The molecule has 2 amide bonds. The lowest BCUT2D eigenvalue weighted by Gasteiger charge is -2.35. The first-order valence-electron chi connectivity index (χ1n) is 9.41. The number of pyridine rings is 1. The molecule has 1 saturated heterocycles. The monoisotopic (exact) mass is 383 g/mol. The Morgan fingerprint density at radius 1 is 1.07 bits per heavy atom. The maximum atomic E-state index is 14.1. The van der Waals surface area contributed by atoms with Crippen molar-refractivity contribution in [2.75, 3.05) is 26.2 Å². The quantitative estimate of drug-likeness (QED) is 0.880. The van der Waals surface area contributed by atoms with Crippen molar-refractivity contribution >= 4 is 11.8 Å². The highest BCUT2D eigenvalue weighted by molar-refractivity contribution is 5.94. The van der Waals surface area contributed by atoms with Crippen LogP contribution >= 0.6 is 0 Å². The minimum Gasteiger partial charge on any atom is -0.380 e. The molecule has 1 aliphatic heterocycles.